The Hall–Kier alpha value is -1.08. The van der Waals surface area contributed by atoms with Crippen LogP contribution >= 0.6 is 11.8 Å². The molecule has 122 valence electrons. The first-order valence-electron chi connectivity index (χ1n) is 7.40. The van der Waals surface area contributed by atoms with Gasteiger partial charge < -0.3 is 19.7 Å². The summed E-state index contributed by atoms with van der Waals surface area (Å²) in [5, 5.41) is 20.3. The van der Waals surface area contributed by atoms with Crippen LogP contribution in [0.15, 0.2) is 30.3 Å². The predicted octanol–water partition coefficient (Wildman–Crippen LogP) is 1.68. The van der Waals surface area contributed by atoms with Crippen molar-refractivity contribution in [2.45, 2.75) is 37.6 Å². The maximum atomic E-state index is 11.9. The number of aliphatic hydroxyl groups excluding tert-OH is 2. The summed E-state index contributed by atoms with van der Waals surface area (Å²) in [6, 6.07) is 8.68. The van der Waals surface area contributed by atoms with Crippen LogP contribution in [0.2, 0.25) is 0 Å². The van der Waals surface area contributed by atoms with Crippen LogP contribution in [0.1, 0.15) is 24.2 Å². The summed E-state index contributed by atoms with van der Waals surface area (Å²) in [6.07, 6.45) is -2.23. The average Bonchev–Trinajstić information content (AvgIpc) is 2.55. The van der Waals surface area contributed by atoms with Gasteiger partial charge in [0.15, 0.2) is 0 Å². The second kappa shape index (κ2) is 7.97. The third kappa shape index (κ3) is 4.01. The predicted molar refractivity (Wildman–Crippen MR) is 84.7 cm³/mol. The molecule has 2 unspecified atom stereocenters. The van der Waals surface area contributed by atoms with Crippen LogP contribution in [0.5, 0.6) is 0 Å². The molecule has 5 nitrogen and oxygen atoms in total. The Morgan fingerprint density at radius 1 is 1.27 bits per heavy atom. The molecule has 1 saturated heterocycles. The normalized spacial score (nSPS) is 31.7. The first-order valence-corrected chi connectivity index (χ1v) is 8.44. The van der Waals surface area contributed by atoms with Crippen molar-refractivity contribution in [3.63, 3.8) is 0 Å². The SMILES string of the molecule is CCS[C@@H]1OC(COC(=O)c2ccccc2)[C@@H](O)[C@H](C)C1O. The van der Waals surface area contributed by atoms with Crippen LogP contribution in [-0.4, -0.2) is 52.3 Å². The second-order valence-electron chi connectivity index (χ2n) is 5.30. The largest absolute Gasteiger partial charge is 0.459 e. The molecule has 0 aliphatic carbocycles. The van der Waals surface area contributed by atoms with Crippen molar-refractivity contribution in [3.05, 3.63) is 35.9 Å². The highest BCUT2D eigenvalue weighted by Crippen LogP contribution is 2.32. The molecule has 5 atom stereocenters. The standard InChI is InChI=1S/C16H22O5S/c1-3-22-16-14(18)10(2)13(17)12(21-16)9-20-15(19)11-7-5-4-6-8-11/h4-8,10,12-14,16-18H,3,9H2,1-2H3/t10-,12?,13-,14?,16-/m0/s1. The molecule has 1 aromatic rings. The fraction of sp³-hybridized carbons (Fsp3) is 0.562. The smallest absolute Gasteiger partial charge is 0.338 e. The van der Waals surface area contributed by atoms with E-state index in [1.165, 1.54) is 11.8 Å². The number of thioether (sulfide) groups is 1. The number of esters is 1. The number of rotatable bonds is 5. The second-order valence-corrected chi connectivity index (χ2v) is 6.68. The summed E-state index contributed by atoms with van der Waals surface area (Å²) in [5.74, 6) is 0.00855. The molecular weight excluding hydrogens is 304 g/mol. The molecule has 0 spiro atoms. The van der Waals surface area contributed by atoms with Crippen molar-refractivity contribution in [2.75, 3.05) is 12.4 Å². The van der Waals surface area contributed by atoms with Gasteiger partial charge in [-0.15, -0.1) is 11.8 Å². The summed E-state index contributed by atoms with van der Waals surface area (Å²) in [7, 11) is 0. The lowest BCUT2D eigenvalue weighted by Gasteiger charge is -2.40. The lowest BCUT2D eigenvalue weighted by Crippen LogP contribution is -2.53. The molecule has 1 heterocycles. The maximum Gasteiger partial charge on any atom is 0.338 e. The minimum absolute atomic E-state index is 0.0350. The maximum absolute atomic E-state index is 11.9. The summed E-state index contributed by atoms with van der Waals surface area (Å²) in [6.45, 7) is 3.71. The number of aliphatic hydroxyl groups is 2. The zero-order valence-corrected chi connectivity index (χ0v) is 13.5. The van der Waals surface area contributed by atoms with Gasteiger partial charge in [0.05, 0.1) is 17.8 Å². The van der Waals surface area contributed by atoms with Crippen molar-refractivity contribution in [3.8, 4) is 0 Å². The molecule has 1 aliphatic heterocycles. The first-order chi connectivity index (χ1) is 10.5. The Bertz CT molecular complexity index is 481. The molecule has 22 heavy (non-hydrogen) atoms. The molecule has 0 radical (unpaired) electrons. The third-order valence-electron chi connectivity index (χ3n) is 3.77. The Labute approximate surface area is 134 Å². The van der Waals surface area contributed by atoms with Gasteiger partial charge in [-0.05, 0) is 17.9 Å². The van der Waals surface area contributed by atoms with Crippen LogP contribution < -0.4 is 0 Å². The zero-order valence-electron chi connectivity index (χ0n) is 12.7. The molecule has 0 amide bonds. The van der Waals surface area contributed by atoms with Crippen LogP contribution in [0.4, 0.5) is 0 Å². The number of benzene rings is 1. The third-order valence-corrected chi connectivity index (χ3v) is 4.82. The van der Waals surface area contributed by atoms with E-state index in [1.54, 1.807) is 31.2 Å². The lowest BCUT2D eigenvalue weighted by atomic mass is 9.92. The molecule has 2 N–H and O–H groups in total. The Morgan fingerprint density at radius 2 is 1.95 bits per heavy atom. The molecule has 0 aromatic heterocycles. The summed E-state index contributed by atoms with van der Waals surface area (Å²) >= 11 is 1.48. The van der Waals surface area contributed by atoms with Crippen molar-refractivity contribution < 1.29 is 24.5 Å². The van der Waals surface area contributed by atoms with E-state index in [-0.39, 0.29) is 12.5 Å². The summed E-state index contributed by atoms with van der Waals surface area (Å²) in [4.78, 5) is 11.9. The Morgan fingerprint density at radius 3 is 2.59 bits per heavy atom. The highest BCUT2D eigenvalue weighted by atomic mass is 32.2. The Kier molecular flexibility index (Phi) is 6.26. The van der Waals surface area contributed by atoms with Crippen LogP contribution in [0, 0.1) is 5.92 Å². The van der Waals surface area contributed by atoms with Crippen molar-refractivity contribution in [1.82, 2.24) is 0 Å². The molecule has 0 saturated carbocycles. The molecule has 1 fully saturated rings. The first kappa shape index (κ1) is 17.3. The average molecular weight is 326 g/mol. The van der Waals surface area contributed by atoms with Crippen LogP contribution in [0.25, 0.3) is 0 Å². The Balaban J connectivity index is 1.94. The van der Waals surface area contributed by atoms with Crippen molar-refractivity contribution >= 4 is 17.7 Å². The summed E-state index contributed by atoms with van der Waals surface area (Å²) in [5.41, 5.74) is 0.0455. The molecule has 1 aromatic carbocycles. The molecule has 0 bridgehead atoms. The fourth-order valence-electron chi connectivity index (χ4n) is 2.38. The van der Waals surface area contributed by atoms with Crippen LogP contribution in [0.3, 0.4) is 0 Å². The van der Waals surface area contributed by atoms with Gasteiger partial charge in [0.25, 0.3) is 0 Å². The monoisotopic (exact) mass is 326 g/mol. The fourth-order valence-corrected chi connectivity index (χ4v) is 3.37. The van der Waals surface area contributed by atoms with Gasteiger partial charge in [-0.2, -0.15) is 0 Å². The molecular formula is C16H22O5S. The summed E-state index contributed by atoms with van der Waals surface area (Å²) < 4.78 is 10.9. The number of carbonyl (C=O) groups is 1. The van der Waals surface area contributed by atoms with Crippen molar-refractivity contribution in [1.29, 1.82) is 0 Å². The van der Waals surface area contributed by atoms with E-state index in [0.717, 1.165) is 5.75 Å². The van der Waals surface area contributed by atoms with E-state index in [2.05, 4.69) is 0 Å². The zero-order chi connectivity index (χ0) is 16.1. The van der Waals surface area contributed by atoms with Crippen LogP contribution in [-0.2, 0) is 9.47 Å². The van der Waals surface area contributed by atoms with Gasteiger partial charge in [0, 0.05) is 5.92 Å². The van der Waals surface area contributed by atoms with E-state index in [1.807, 2.05) is 13.0 Å². The minimum Gasteiger partial charge on any atom is -0.459 e. The van der Waals surface area contributed by atoms with Gasteiger partial charge >= 0.3 is 5.97 Å². The van der Waals surface area contributed by atoms with Gasteiger partial charge in [-0.1, -0.05) is 32.0 Å². The molecule has 6 heteroatoms. The minimum atomic E-state index is -0.868. The van der Waals surface area contributed by atoms with E-state index >= 15 is 0 Å². The number of ether oxygens (including phenoxy) is 2. The molecule has 1 aliphatic rings. The van der Waals surface area contributed by atoms with Gasteiger partial charge in [0.2, 0.25) is 0 Å². The van der Waals surface area contributed by atoms with E-state index in [4.69, 9.17) is 9.47 Å². The van der Waals surface area contributed by atoms with E-state index < -0.39 is 29.7 Å². The molecule has 2 rings (SSSR count). The lowest BCUT2D eigenvalue weighted by molar-refractivity contribution is -0.178. The van der Waals surface area contributed by atoms with E-state index in [9.17, 15) is 15.0 Å². The van der Waals surface area contributed by atoms with Gasteiger partial charge in [-0.3, -0.25) is 0 Å². The van der Waals surface area contributed by atoms with Gasteiger partial charge in [0.1, 0.15) is 18.1 Å². The number of hydrogen-bond donors (Lipinski definition) is 2. The van der Waals surface area contributed by atoms with Crippen molar-refractivity contribution in [2.24, 2.45) is 5.92 Å². The highest BCUT2D eigenvalue weighted by Gasteiger charge is 2.42. The highest BCUT2D eigenvalue weighted by molar-refractivity contribution is 7.99. The topological polar surface area (TPSA) is 76.0 Å². The van der Waals surface area contributed by atoms with E-state index in [0.29, 0.717) is 5.56 Å². The van der Waals surface area contributed by atoms with Gasteiger partial charge in [-0.25, -0.2) is 4.79 Å². The quantitative estimate of drug-likeness (QED) is 0.802. The number of hydrogen-bond acceptors (Lipinski definition) is 6. The number of carbonyl (C=O) groups excluding carboxylic acids is 1.